The third-order valence-corrected chi connectivity index (χ3v) is 6.76. The van der Waals surface area contributed by atoms with Gasteiger partial charge in [0.15, 0.2) is 11.2 Å². The van der Waals surface area contributed by atoms with E-state index in [1.165, 1.54) is 53.6 Å². The summed E-state index contributed by atoms with van der Waals surface area (Å²) in [6.07, 6.45) is -0.119. The van der Waals surface area contributed by atoms with Gasteiger partial charge in [-0.2, -0.15) is 0 Å². The van der Waals surface area contributed by atoms with Gasteiger partial charge in [0.25, 0.3) is 15.9 Å². The van der Waals surface area contributed by atoms with Crippen LogP contribution in [0.25, 0.3) is 0 Å². The number of sulfonamides is 1. The Morgan fingerprint density at radius 2 is 2.03 bits per heavy atom. The summed E-state index contributed by atoms with van der Waals surface area (Å²) in [4.78, 5) is 30.0. The molecule has 1 saturated heterocycles. The Morgan fingerprint density at radius 3 is 2.72 bits per heavy atom. The van der Waals surface area contributed by atoms with Gasteiger partial charge in [0.05, 0.1) is 4.90 Å². The average molecular weight is 483 g/mol. The molecule has 1 fully saturated rings. The molecule has 2 amide bonds. The molecule has 0 radical (unpaired) electrons. The predicted octanol–water partition coefficient (Wildman–Crippen LogP) is 4.18. The zero-order chi connectivity index (χ0) is 22.7. The first-order valence-electron chi connectivity index (χ1n) is 9.39. The first kappa shape index (κ1) is 21.7. The molecule has 4 rings (SSSR count). The Hall–Kier alpha value is -3.51. The molecule has 2 heterocycles. The molecule has 1 aliphatic rings. The van der Waals surface area contributed by atoms with E-state index in [2.05, 4.69) is 15.0 Å². The van der Waals surface area contributed by atoms with Crippen molar-refractivity contribution >= 4 is 49.9 Å². The second-order valence-corrected chi connectivity index (χ2v) is 9.32. The van der Waals surface area contributed by atoms with E-state index in [1.54, 1.807) is 5.38 Å². The molecule has 2 aromatic carbocycles. The van der Waals surface area contributed by atoms with Crippen LogP contribution < -0.4 is 14.9 Å². The Kier molecular flexibility index (Phi) is 6.06. The molecule has 9 nitrogen and oxygen atoms in total. The van der Waals surface area contributed by atoms with Crippen molar-refractivity contribution in [2.45, 2.75) is 17.4 Å². The van der Waals surface area contributed by atoms with Crippen molar-refractivity contribution in [3.05, 3.63) is 65.9 Å². The summed E-state index contributed by atoms with van der Waals surface area (Å²) in [5.41, 5.74) is 0.681. The van der Waals surface area contributed by atoms with E-state index in [-0.39, 0.29) is 26.4 Å². The number of hydrogen-bond acceptors (Lipinski definition) is 7. The average Bonchev–Trinajstić information content (AvgIpc) is 3.38. The monoisotopic (exact) mass is 482 g/mol. The third-order valence-electron chi connectivity index (χ3n) is 4.59. The summed E-state index contributed by atoms with van der Waals surface area (Å²) in [5.74, 6) is -0.950. The number of amides is 2. The van der Waals surface area contributed by atoms with Crippen molar-refractivity contribution < 1.29 is 31.4 Å². The normalized spacial score (nSPS) is 16.1. The molecule has 172 valence electrons. The number of thiazole rings is 1. The van der Waals surface area contributed by atoms with E-state index in [9.17, 15) is 22.4 Å². The summed E-state index contributed by atoms with van der Waals surface area (Å²) >= 11 is 1.15. The predicted molar refractivity (Wildman–Crippen MR) is 123 cm³/mol. The van der Waals surface area contributed by atoms with Crippen LogP contribution in [0, 0.1) is 5.82 Å². The number of aromatic nitrogens is 1. The van der Waals surface area contributed by atoms with Crippen molar-refractivity contribution in [3.63, 3.8) is 0 Å². The lowest BCUT2D eigenvalue weighted by Crippen LogP contribution is -2.33. The minimum atomic E-state index is -3.81. The molecular weight excluding hydrogens is 459 g/mol. The molecule has 2 N–H and O–H groups in total. The quantitative estimate of drug-likeness (QED) is 0.544. The maximum Gasteiger partial charge on any atom is 0.412 e. The molecule has 32 heavy (non-hydrogen) atoms. The first-order valence-corrected chi connectivity index (χ1v) is 11.7. The largest absolute Gasteiger partial charge is 0.436 e. The van der Waals surface area contributed by atoms with Gasteiger partial charge in [-0.3, -0.25) is 14.8 Å². The number of halogens is 1. The number of nitrogens with one attached hydrogen (secondary N) is 2. The Morgan fingerprint density at radius 1 is 1.25 bits per heavy atom. The van der Waals surface area contributed by atoms with Gasteiger partial charge in [-0.15, -0.1) is 11.3 Å². The van der Waals surface area contributed by atoms with E-state index in [4.69, 9.17) is 4.74 Å². The smallest absolute Gasteiger partial charge is 0.412 e. The van der Waals surface area contributed by atoms with Gasteiger partial charge in [-0.1, -0.05) is 6.07 Å². The molecule has 0 saturated carbocycles. The van der Waals surface area contributed by atoms with Crippen molar-refractivity contribution in [1.29, 1.82) is 0 Å². The molecule has 1 atom stereocenters. The maximum absolute atomic E-state index is 13.2. The molecule has 12 heteroatoms. The van der Waals surface area contributed by atoms with Gasteiger partial charge in [-0.25, -0.2) is 22.6 Å². The molecule has 0 bridgehead atoms. The van der Waals surface area contributed by atoms with Crippen LogP contribution in [0.1, 0.15) is 10.7 Å². The van der Waals surface area contributed by atoms with Gasteiger partial charge < -0.3 is 9.64 Å². The second-order valence-electron chi connectivity index (χ2n) is 6.74. The fraction of sp³-hybridized carbons (Fsp3) is 0.150. The molecule has 0 unspecified atom stereocenters. The lowest BCUT2D eigenvalue weighted by molar-refractivity contribution is -0.124. The van der Waals surface area contributed by atoms with Crippen LogP contribution in [-0.2, 0) is 19.6 Å². The SMILES string of the molecule is O=C(Nc1cccc(F)c1)O[C@H]1CCN(c2ccc(S(=O)(=O)Nc3nccs3)cc2)C1=O.[HH].[HH].[HH]. The van der Waals surface area contributed by atoms with Crippen LogP contribution in [0.15, 0.2) is 65.0 Å². The number of carbonyl (C=O) groups excluding carboxylic acids is 2. The Labute approximate surface area is 191 Å². The summed E-state index contributed by atoms with van der Waals surface area (Å²) < 4.78 is 45.6. The Bertz CT molecular complexity index is 1250. The molecule has 0 spiro atoms. The standard InChI is InChI=1S/C20H17FN4O5S2.3H2/c21-13-2-1-3-14(12-13)23-20(27)30-17-8-10-25(18(17)26)15-4-6-16(7-5-15)32(28,29)24-19-22-9-11-31-19;;;/h1-7,9,11-12,17H,8,10H2,(H,22,24)(H,23,27);3*1H/t17-;;;/m0.../s1. The van der Waals surface area contributed by atoms with Crippen LogP contribution in [0.3, 0.4) is 0 Å². The summed E-state index contributed by atoms with van der Waals surface area (Å²) in [6, 6.07) is 11.1. The molecular formula is C20H23FN4O5S2. The van der Waals surface area contributed by atoms with Crippen molar-refractivity contribution in [1.82, 2.24) is 4.98 Å². The van der Waals surface area contributed by atoms with Crippen LogP contribution in [0.4, 0.5) is 25.7 Å². The highest BCUT2D eigenvalue weighted by Gasteiger charge is 2.35. The van der Waals surface area contributed by atoms with Crippen LogP contribution in [0.5, 0.6) is 0 Å². The third kappa shape index (κ3) is 4.86. The molecule has 1 aromatic heterocycles. The lowest BCUT2D eigenvalue weighted by atomic mass is 10.3. The van der Waals surface area contributed by atoms with Crippen LogP contribution in [0.2, 0.25) is 0 Å². The van der Waals surface area contributed by atoms with Crippen molar-refractivity contribution in [2.75, 3.05) is 21.5 Å². The number of hydrogen-bond donors (Lipinski definition) is 2. The minimum Gasteiger partial charge on any atom is -0.436 e. The summed E-state index contributed by atoms with van der Waals surface area (Å²) in [6.45, 7) is 0.292. The fourth-order valence-corrected chi connectivity index (χ4v) is 4.90. The zero-order valence-corrected chi connectivity index (χ0v) is 18.0. The molecule has 0 aliphatic carbocycles. The van der Waals surface area contributed by atoms with Gasteiger partial charge in [-0.05, 0) is 42.5 Å². The number of ether oxygens (including phenoxy) is 1. The van der Waals surface area contributed by atoms with E-state index >= 15 is 0 Å². The molecule has 1 aliphatic heterocycles. The highest BCUT2D eigenvalue weighted by molar-refractivity contribution is 7.93. The number of carbonyl (C=O) groups is 2. The highest BCUT2D eigenvalue weighted by Crippen LogP contribution is 2.26. The number of anilines is 3. The van der Waals surface area contributed by atoms with Gasteiger partial charge in [0, 0.05) is 40.2 Å². The maximum atomic E-state index is 13.2. The van der Waals surface area contributed by atoms with Crippen LogP contribution in [-0.4, -0.2) is 38.1 Å². The second kappa shape index (κ2) is 8.93. The number of nitrogens with zero attached hydrogens (tertiary/aromatic N) is 2. The van der Waals surface area contributed by atoms with Gasteiger partial charge >= 0.3 is 6.09 Å². The highest BCUT2D eigenvalue weighted by atomic mass is 32.2. The summed E-state index contributed by atoms with van der Waals surface area (Å²) in [7, 11) is -3.81. The van der Waals surface area contributed by atoms with E-state index in [1.807, 2.05) is 0 Å². The number of rotatable bonds is 6. The van der Waals surface area contributed by atoms with E-state index < -0.39 is 33.9 Å². The summed E-state index contributed by atoms with van der Waals surface area (Å²) in [5, 5.41) is 4.28. The van der Waals surface area contributed by atoms with Crippen molar-refractivity contribution in [3.8, 4) is 0 Å². The zero-order valence-electron chi connectivity index (χ0n) is 16.4. The van der Waals surface area contributed by atoms with Crippen LogP contribution >= 0.6 is 11.3 Å². The minimum absolute atomic E-state index is 0. The van der Waals surface area contributed by atoms with Gasteiger partial charge in [0.2, 0.25) is 0 Å². The number of benzene rings is 2. The van der Waals surface area contributed by atoms with Crippen molar-refractivity contribution in [2.24, 2.45) is 0 Å². The topological polar surface area (TPSA) is 118 Å². The Balaban J connectivity index is 0.00000204. The van der Waals surface area contributed by atoms with E-state index in [0.717, 1.165) is 17.4 Å². The lowest BCUT2D eigenvalue weighted by Gasteiger charge is -2.17. The molecule has 3 aromatic rings. The first-order chi connectivity index (χ1) is 15.3. The fourth-order valence-electron chi connectivity index (χ4n) is 3.12. The van der Waals surface area contributed by atoms with E-state index in [0.29, 0.717) is 12.2 Å². The van der Waals surface area contributed by atoms with Gasteiger partial charge in [0.1, 0.15) is 5.82 Å².